The first-order chi connectivity index (χ1) is 11.2. The number of methoxy groups -OCH3 is 1. The van der Waals surface area contributed by atoms with Gasteiger partial charge in [0.15, 0.2) is 17.0 Å². The average Bonchev–Trinajstić information content (AvgIpc) is 2.85. The Morgan fingerprint density at radius 3 is 2.22 bits per heavy atom. The lowest BCUT2D eigenvalue weighted by Gasteiger charge is -2.12. The van der Waals surface area contributed by atoms with Gasteiger partial charge in [0.2, 0.25) is 5.88 Å². The fourth-order valence-electron chi connectivity index (χ4n) is 2.37. The molecule has 8 heteroatoms. The summed E-state index contributed by atoms with van der Waals surface area (Å²) >= 11 is 0. The van der Waals surface area contributed by atoms with Crippen LogP contribution in [0.25, 0.3) is 11.0 Å². The highest BCUT2D eigenvalue weighted by molar-refractivity contribution is 6.32. The van der Waals surface area contributed by atoms with Crippen molar-refractivity contribution in [1.29, 1.82) is 0 Å². The lowest BCUT2D eigenvalue weighted by molar-refractivity contribution is 0.0922. The number of anilines is 1. The van der Waals surface area contributed by atoms with Crippen molar-refractivity contribution in [2.75, 3.05) is 12.0 Å². The first-order valence-electron chi connectivity index (χ1n) is 6.70. The maximum Gasteiger partial charge on any atom is 0.287 e. The van der Waals surface area contributed by atoms with Crippen molar-refractivity contribution >= 4 is 28.7 Å². The van der Waals surface area contributed by atoms with E-state index >= 15 is 0 Å². The lowest BCUT2D eigenvalue weighted by atomic mass is 10.3. The highest BCUT2D eigenvalue weighted by Gasteiger charge is 2.40. The van der Waals surface area contributed by atoms with Crippen molar-refractivity contribution in [2.45, 2.75) is 0 Å². The second kappa shape index (κ2) is 4.80. The Labute approximate surface area is 129 Å². The second-order valence-electron chi connectivity index (χ2n) is 4.77. The molecule has 4 rings (SSSR count). The molecule has 0 atom stereocenters. The number of fused-ring (bicyclic) bond motifs is 2. The molecule has 0 bridgehead atoms. The Morgan fingerprint density at radius 1 is 0.913 bits per heavy atom. The molecule has 0 aromatic carbocycles. The van der Waals surface area contributed by atoms with Crippen LogP contribution in [0.1, 0.15) is 21.0 Å². The third-order valence-electron chi connectivity index (χ3n) is 3.46. The second-order valence-corrected chi connectivity index (χ2v) is 4.77. The summed E-state index contributed by atoms with van der Waals surface area (Å²) in [4.78, 5) is 42.1. The van der Waals surface area contributed by atoms with Crippen molar-refractivity contribution in [3.05, 3.63) is 48.0 Å². The first kappa shape index (κ1) is 13.3. The van der Waals surface area contributed by atoms with Crippen LogP contribution in [-0.4, -0.2) is 38.9 Å². The van der Waals surface area contributed by atoms with Gasteiger partial charge >= 0.3 is 0 Å². The standard InChI is InChI=1S/C15H9N5O3/c1-23-10-5-3-8-2-4-9(18-13(8)19-10)20-14(21)11-12(15(20)22)17-7-6-16-11/h2-7H,1H3. The molecule has 0 aliphatic carbocycles. The van der Waals surface area contributed by atoms with Crippen LogP contribution in [0.3, 0.4) is 0 Å². The molecular weight excluding hydrogens is 298 g/mol. The normalized spacial score (nSPS) is 13.5. The fourth-order valence-corrected chi connectivity index (χ4v) is 2.37. The average molecular weight is 307 g/mol. The fraction of sp³-hybridized carbons (Fsp3) is 0.0667. The van der Waals surface area contributed by atoms with Gasteiger partial charge in [-0.1, -0.05) is 0 Å². The van der Waals surface area contributed by atoms with Gasteiger partial charge in [-0.2, -0.15) is 4.98 Å². The van der Waals surface area contributed by atoms with E-state index in [1.54, 1.807) is 24.3 Å². The van der Waals surface area contributed by atoms with E-state index in [2.05, 4.69) is 19.9 Å². The molecule has 0 spiro atoms. The van der Waals surface area contributed by atoms with Gasteiger partial charge in [0.25, 0.3) is 11.8 Å². The molecule has 1 aliphatic rings. The number of imide groups is 1. The number of nitrogens with zero attached hydrogens (tertiary/aromatic N) is 5. The summed E-state index contributed by atoms with van der Waals surface area (Å²) in [6.07, 6.45) is 2.74. The molecule has 112 valence electrons. The molecule has 8 nitrogen and oxygen atoms in total. The third kappa shape index (κ3) is 1.92. The third-order valence-corrected chi connectivity index (χ3v) is 3.46. The van der Waals surface area contributed by atoms with Crippen molar-refractivity contribution in [2.24, 2.45) is 0 Å². The van der Waals surface area contributed by atoms with Gasteiger partial charge < -0.3 is 4.74 Å². The minimum absolute atomic E-state index is 0.0259. The minimum Gasteiger partial charge on any atom is -0.481 e. The van der Waals surface area contributed by atoms with E-state index < -0.39 is 11.8 Å². The van der Waals surface area contributed by atoms with E-state index in [0.29, 0.717) is 11.5 Å². The molecule has 23 heavy (non-hydrogen) atoms. The summed E-state index contributed by atoms with van der Waals surface area (Å²) in [5.41, 5.74) is 0.426. The van der Waals surface area contributed by atoms with Crippen LogP contribution in [0.5, 0.6) is 5.88 Å². The largest absolute Gasteiger partial charge is 0.481 e. The maximum absolute atomic E-state index is 12.4. The van der Waals surface area contributed by atoms with E-state index in [9.17, 15) is 9.59 Å². The number of carbonyl (C=O) groups is 2. The highest BCUT2D eigenvalue weighted by atomic mass is 16.5. The van der Waals surface area contributed by atoms with Gasteiger partial charge in [-0.15, -0.1) is 0 Å². The lowest BCUT2D eigenvalue weighted by Crippen LogP contribution is -2.30. The summed E-state index contributed by atoms with van der Waals surface area (Å²) in [6.45, 7) is 0. The summed E-state index contributed by atoms with van der Waals surface area (Å²) in [5, 5.41) is 0.766. The number of hydrogen-bond acceptors (Lipinski definition) is 7. The molecule has 0 unspecified atom stereocenters. The van der Waals surface area contributed by atoms with Crippen LogP contribution in [0, 0.1) is 0 Å². The Bertz CT molecular complexity index is 937. The van der Waals surface area contributed by atoms with E-state index in [1.165, 1.54) is 19.5 Å². The number of rotatable bonds is 2. The van der Waals surface area contributed by atoms with E-state index in [1.807, 2.05) is 0 Å². The smallest absolute Gasteiger partial charge is 0.287 e. The van der Waals surface area contributed by atoms with Crippen LogP contribution in [0.15, 0.2) is 36.7 Å². The number of amides is 2. The zero-order valence-corrected chi connectivity index (χ0v) is 11.9. The van der Waals surface area contributed by atoms with Crippen LogP contribution in [0.2, 0.25) is 0 Å². The van der Waals surface area contributed by atoms with E-state index in [0.717, 1.165) is 10.3 Å². The Morgan fingerprint density at radius 2 is 1.57 bits per heavy atom. The number of pyridine rings is 2. The van der Waals surface area contributed by atoms with Gasteiger partial charge in [-0.3, -0.25) is 9.59 Å². The minimum atomic E-state index is -0.548. The zero-order valence-electron chi connectivity index (χ0n) is 11.9. The van der Waals surface area contributed by atoms with Crippen LogP contribution in [0.4, 0.5) is 5.82 Å². The topological polar surface area (TPSA) is 98.2 Å². The predicted octanol–water partition coefficient (Wildman–Crippen LogP) is 1.23. The Kier molecular flexibility index (Phi) is 2.77. The predicted molar refractivity (Wildman–Crippen MR) is 79.3 cm³/mol. The molecule has 0 saturated carbocycles. The van der Waals surface area contributed by atoms with Gasteiger partial charge in [0.1, 0.15) is 5.82 Å². The number of ether oxygens (including phenoxy) is 1. The molecule has 3 aromatic rings. The van der Waals surface area contributed by atoms with Crippen molar-refractivity contribution in [3.8, 4) is 5.88 Å². The first-order valence-corrected chi connectivity index (χ1v) is 6.70. The SMILES string of the molecule is COc1ccc2ccc(N3C(=O)c4nccnc4C3=O)nc2n1. The molecule has 2 amide bonds. The molecular formula is C15H9N5O3. The number of aromatic nitrogens is 4. The summed E-state index contributed by atoms with van der Waals surface area (Å²) in [7, 11) is 1.50. The maximum atomic E-state index is 12.4. The molecule has 0 fully saturated rings. The summed E-state index contributed by atoms with van der Waals surface area (Å²) in [6, 6.07) is 6.82. The molecule has 4 heterocycles. The van der Waals surface area contributed by atoms with Crippen LogP contribution < -0.4 is 9.64 Å². The quantitative estimate of drug-likeness (QED) is 0.656. The Hall–Kier alpha value is -3.42. The highest BCUT2D eigenvalue weighted by Crippen LogP contribution is 2.26. The van der Waals surface area contributed by atoms with Crippen molar-refractivity contribution < 1.29 is 14.3 Å². The van der Waals surface area contributed by atoms with Gasteiger partial charge in [0.05, 0.1) is 7.11 Å². The molecule has 1 aliphatic heterocycles. The number of hydrogen-bond donors (Lipinski definition) is 0. The molecule has 0 radical (unpaired) electrons. The van der Waals surface area contributed by atoms with Crippen molar-refractivity contribution in [3.63, 3.8) is 0 Å². The van der Waals surface area contributed by atoms with Gasteiger partial charge in [-0.25, -0.2) is 19.9 Å². The molecule has 0 N–H and O–H groups in total. The monoisotopic (exact) mass is 307 g/mol. The van der Waals surface area contributed by atoms with Crippen LogP contribution >= 0.6 is 0 Å². The molecule has 0 saturated heterocycles. The van der Waals surface area contributed by atoms with Crippen LogP contribution in [-0.2, 0) is 0 Å². The number of carbonyl (C=O) groups excluding carboxylic acids is 2. The van der Waals surface area contributed by atoms with Gasteiger partial charge in [0, 0.05) is 23.8 Å². The Balaban J connectivity index is 1.84. The summed E-state index contributed by atoms with van der Waals surface area (Å²) < 4.78 is 5.06. The molecule has 3 aromatic heterocycles. The van der Waals surface area contributed by atoms with E-state index in [-0.39, 0.29) is 17.2 Å². The van der Waals surface area contributed by atoms with Crippen molar-refractivity contribution in [1.82, 2.24) is 19.9 Å². The summed E-state index contributed by atoms with van der Waals surface area (Å²) in [5.74, 6) is -0.526. The van der Waals surface area contributed by atoms with E-state index in [4.69, 9.17) is 4.74 Å². The van der Waals surface area contributed by atoms with Gasteiger partial charge in [-0.05, 0) is 18.2 Å². The zero-order chi connectivity index (χ0) is 16.0.